The number of benzene rings is 3. The number of carbonyl (C=O) groups is 1. The van der Waals surface area contributed by atoms with Crippen molar-refractivity contribution in [2.45, 2.75) is 26.7 Å². The van der Waals surface area contributed by atoms with E-state index in [-0.39, 0.29) is 11.5 Å². The summed E-state index contributed by atoms with van der Waals surface area (Å²) in [6, 6.07) is 13.9. The van der Waals surface area contributed by atoms with Gasteiger partial charge in [0, 0.05) is 0 Å². The van der Waals surface area contributed by atoms with Crippen molar-refractivity contribution in [3.8, 4) is 22.6 Å². The summed E-state index contributed by atoms with van der Waals surface area (Å²) in [7, 11) is 0. The first-order valence-corrected chi connectivity index (χ1v) is 9.81. The quantitative estimate of drug-likeness (QED) is 0.235. The van der Waals surface area contributed by atoms with Gasteiger partial charge in [0.05, 0.1) is 11.8 Å². The molecule has 0 spiro atoms. The highest BCUT2D eigenvalue weighted by molar-refractivity contribution is 5.91. The van der Waals surface area contributed by atoms with Crippen LogP contribution in [-0.4, -0.2) is 5.97 Å². The molecule has 0 bridgehead atoms. The lowest BCUT2D eigenvalue weighted by Gasteiger charge is -2.10. The molecule has 31 heavy (non-hydrogen) atoms. The monoisotopic (exact) mass is 426 g/mol. The summed E-state index contributed by atoms with van der Waals surface area (Å²) in [6.07, 6.45) is 4.66. The van der Waals surface area contributed by atoms with Gasteiger partial charge in [0.25, 0.3) is 0 Å². The van der Waals surface area contributed by atoms with Crippen LogP contribution < -0.4 is 9.47 Å². The van der Waals surface area contributed by atoms with Crippen LogP contribution in [0, 0.1) is 17.5 Å². The maximum atomic E-state index is 14.5. The summed E-state index contributed by atoms with van der Waals surface area (Å²) in [5, 5.41) is 0. The molecule has 0 heterocycles. The first-order chi connectivity index (χ1) is 14.9. The van der Waals surface area contributed by atoms with E-state index in [0.717, 1.165) is 30.5 Å². The molecule has 3 aromatic carbocycles. The largest absolute Gasteiger partial charge is 0.462 e. The fraction of sp³-hybridized carbons (Fsp3) is 0.160. The predicted molar refractivity (Wildman–Crippen MR) is 113 cm³/mol. The molecule has 0 aliphatic carbocycles. The number of aryl methyl sites for hydroxylation is 1. The summed E-state index contributed by atoms with van der Waals surface area (Å²) in [4.78, 5) is 12.3. The first-order valence-electron chi connectivity index (χ1n) is 9.81. The van der Waals surface area contributed by atoms with E-state index < -0.39 is 29.0 Å². The zero-order valence-corrected chi connectivity index (χ0v) is 17.1. The second-order valence-electron chi connectivity index (χ2n) is 6.81. The molecule has 3 nitrogen and oxygen atoms in total. The van der Waals surface area contributed by atoms with Crippen LogP contribution in [-0.2, 0) is 6.42 Å². The van der Waals surface area contributed by atoms with E-state index in [1.54, 1.807) is 13.0 Å². The molecule has 160 valence electrons. The number of esters is 1. The minimum atomic E-state index is -1.43. The van der Waals surface area contributed by atoms with Crippen LogP contribution in [0.3, 0.4) is 0 Å². The van der Waals surface area contributed by atoms with E-state index in [9.17, 15) is 18.0 Å². The van der Waals surface area contributed by atoms with E-state index >= 15 is 0 Å². The van der Waals surface area contributed by atoms with Crippen molar-refractivity contribution >= 4 is 5.97 Å². The van der Waals surface area contributed by atoms with Gasteiger partial charge in [-0.15, -0.1) is 0 Å². The third-order valence-corrected chi connectivity index (χ3v) is 4.56. The standard InChI is InChI=1S/C25H21F3O3/c1-3-5-16-6-8-17(9-7-16)18-10-12-21(20(26)15-18)31-25(29)19-11-13-22(30-14-4-2)24(28)23(19)27/h4,6-15H,3,5H2,1-2H3/b14-4+. The van der Waals surface area contributed by atoms with Crippen molar-refractivity contribution in [2.24, 2.45) is 0 Å². The zero-order chi connectivity index (χ0) is 22.4. The van der Waals surface area contributed by atoms with Gasteiger partial charge in [0.2, 0.25) is 5.82 Å². The predicted octanol–water partition coefficient (Wildman–Crippen LogP) is 6.86. The molecule has 3 aromatic rings. The Kier molecular flexibility index (Phi) is 7.13. The number of carbonyl (C=O) groups excluding carboxylic acids is 1. The molecule has 0 atom stereocenters. The molecule has 0 fully saturated rings. The van der Waals surface area contributed by atoms with Gasteiger partial charge in [0.15, 0.2) is 23.1 Å². The van der Waals surface area contributed by atoms with Crippen molar-refractivity contribution in [1.82, 2.24) is 0 Å². The van der Waals surface area contributed by atoms with Gasteiger partial charge in [-0.05, 0) is 54.3 Å². The summed E-state index contributed by atoms with van der Waals surface area (Å²) < 4.78 is 52.7. The second-order valence-corrected chi connectivity index (χ2v) is 6.81. The molecule has 6 heteroatoms. The van der Waals surface area contributed by atoms with E-state index in [1.807, 2.05) is 24.3 Å². The maximum Gasteiger partial charge on any atom is 0.346 e. The Balaban J connectivity index is 1.78. The second kappa shape index (κ2) is 9.98. The van der Waals surface area contributed by atoms with Gasteiger partial charge in [0.1, 0.15) is 0 Å². The molecule has 0 aliphatic heterocycles. The number of allylic oxidation sites excluding steroid dienone is 1. The fourth-order valence-electron chi connectivity index (χ4n) is 2.99. The van der Waals surface area contributed by atoms with E-state index in [0.29, 0.717) is 5.56 Å². The van der Waals surface area contributed by atoms with Crippen molar-refractivity contribution in [1.29, 1.82) is 0 Å². The van der Waals surface area contributed by atoms with Crippen molar-refractivity contribution < 1.29 is 27.4 Å². The summed E-state index contributed by atoms with van der Waals surface area (Å²) in [5.41, 5.74) is 1.93. The number of hydrogen-bond donors (Lipinski definition) is 0. The smallest absolute Gasteiger partial charge is 0.346 e. The molecular weight excluding hydrogens is 405 g/mol. The molecule has 3 rings (SSSR count). The van der Waals surface area contributed by atoms with Crippen molar-refractivity contribution in [3.63, 3.8) is 0 Å². The Morgan fingerprint density at radius 1 is 0.903 bits per heavy atom. The minimum absolute atomic E-state index is 0.382. The van der Waals surface area contributed by atoms with Crippen LogP contribution in [0.25, 0.3) is 11.1 Å². The van der Waals surface area contributed by atoms with Crippen LogP contribution in [0.2, 0.25) is 0 Å². The lowest BCUT2D eigenvalue weighted by atomic mass is 10.0. The highest BCUT2D eigenvalue weighted by atomic mass is 19.2. The molecule has 0 aliphatic rings. The average Bonchev–Trinajstić information content (AvgIpc) is 2.77. The van der Waals surface area contributed by atoms with Crippen LogP contribution in [0.15, 0.2) is 66.9 Å². The Bertz CT molecular complexity index is 1110. The minimum Gasteiger partial charge on any atom is -0.462 e. The average molecular weight is 426 g/mol. The molecule has 0 saturated heterocycles. The Morgan fingerprint density at radius 2 is 1.58 bits per heavy atom. The van der Waals surface area contributed by atoms with E-state index in [2.05, 4.69) is 6.92 Å². The number of rotatable bonds is 7. The van der Waals surface area contributed by atoms with Gasteiger partial charge in [-0.3, -0.25) is 0 Å². The first kappa shape index (κ1) is 22.2. The molecule has 0 unspecified atom stereocenters. The third kappa shape index (κ3) is 5.15. The molecule has 0 radical (unpaired) electrons. The lowest BCUT2D eigenvalue weighted by Crippen LogP contribution is -2.13. The van der Waals surface area contributed by atoms with Gasteiger partial charge in [-0.1, -0.05) is 49.8 Å². The SMILES string of the molecule is C/C=C/Oc1ccc(C(=O)Oc2ccc(-c3ccc(CCC)cc3)cc2F)c(F)c1F. The normalized spacial score (nSPS) is 11.0. The molecular formula is C25H21F3O3. The Hall–Kier alpha value is -3.54. The highest BCUT2D eigenvalue weighted by Crippen LogP contribution is 2.28. The van der Waals surface area contributed by atoms with Crippen LogP contribution in [0.5, 0.6) is 11.5 Å². The van der Waals surface area contributed by atoms with Gasteiger partial charge < -0.3 is 9.47 Å². The van der Waals surface area contributed by atoms with E-state index in [1.165, 1.54) is 30.0 Å². The zero-order valence-electron chi connectivity index (χ0n) is 17.1. The van der Waals surface area contributed by atoms with Crippen LogP contribution in [0.4, 0.5) is 13.2 Å². The number of halogens is 3. The molecule has 0 N–H and O–H groups in total. The third-order valence-electron chi connectivity index (χ3n) is 4.56. The number of hydrogen-bond acceptors (Lipinski definition) is 3. The maximum absolute atomic E-state index is 14.5. The lowest BCUT2D eigenvalue weighted by molar-refractivity contribution is 0.0721. The molecule has 0 saturated carbocycles. The van der Waals surface area contributed by atoms with E-state index in [4.69, 9.17) is 9.47 Å². The highest BCUT2D eigenvalue weighted by Gasteiger charge is 2.22. The molecule has 0 amide bonds. The van der Waals surface area contributed by atoms with Crippen LogP contribution in [0.1, 0.15) is 36.2 Å². The van der Waals surface area contributed by atoms with Crippen LogP contribution >= 0.6 is 0 Å². The van der Waals surface area contributed by atoms with Gasteiger partial charge >= 0.3 is 5.97 Å². The molecule has 0 aromatic heterocycles. The van der Waals surface area contributed by atoms with Gasteiger partial charge in [-0.25, -0.2) is 13.6 Å². The fourth-order valence-corrected chi connectivity index (χ4v) is 2.99. The van der Waals surface area contributed by atoms with Crippen molar-refractivity contribution in [3.05, 3.63) is 95.5 Å². The van der Waals surface area contributed by atoms with Crippen molar-refractivity contribution in [2.75, 3.05) is 0 Å². The number of ether oxygens (including phenoxy) is 2. The van der Waals surface area contributed by atoms with Gasteiger partial charge in [-0.2, -0.15) is 4.39 Å². The summed E-state index contributed by atoms with van der Waals surface area (Å²) >= 11 is 0. The topological polar surface area (TPSA) is 35.5 Å². The Labute approximate surface area is 178 Å². The summed E-state index contributed by atoms with van der Waals surface area (Å²) in [5.74, 6) is -5.55. The Morgan fingerprint density at radius 3 is 2.23 bits per heavy atom. The summed E-state index contributed by atoms with van der Waals surface area (Å²) in [6.45, 7) is 3.73.